The van der Waals surface area contributed by atoms with Crippen LogP contribution >= 0.6 is 0 Å². The number of aliphatic hydroxyl groups excluding tert-OH is 2. The van der Waals surface area contributed by atoms with Gasteiger partial charge in [-0.05, 0) is 48.0 Å². The van der Waals surface area contributed by atoms with Crippen molar-refractivity contribution < 1.29 is 52.0 Å². The Balaban J connectivity index is 1.08. The Hall–Kier alpha value is -4.38. The highest BCUT2D eigenvalue weighted by atomic mass is 32.2. The molecule has 0 bridgehead atoms. The highest BCUT2D eigenvalue weighted by molar-refractivity contribution is 7.91. The molecule has 12 nitrogen and oxygen atoms in total. The molecule has 1 aliphatic carbocycles. The first-order chi connectivity index (χ1) is 23.6. The molecule has 0 amide bonds. The maximum Gasteiger partial charge on any atom is 0.445 e. The number of ether oxygens (including phenoxy) is 3. The number of aryl methyl sites for hydroxylation is 1. The van der Waals surface area contributed by atoms with Crippen molar-refractivity contribution >= 4 is 15.8 Å². The van der Waals surface area contributed by atoms with Crippen LogP contribution in [-0.4, -0.2) is 68.4 Å². The summed E-state index contributed by atoms with van der Waals surface area (Å²) in [6, 6.07) is 13.8. The van der Waals surface area contributed by atoms with Crippen molar-refractivity contribution in [3.8, 4) is 23.5 Å². The average Bonchev–Trinajstić information content (AvgIpc) is 3.78. The number of para-hydroxylation sites is 1. The molecule has 2 heterocycles. The van der Waals surface area contributed by atoms with Crippen molar-refractivity contribution in [2.24, 2.45) is 11.8 Å². The molecule has 13 heteroatoms. The third-order valence-corrected chi connectivity index (χ3v) is 10.6. The van der Waals surface area contributed by atoms with Crippen molar-refractivity contribution in [1.29, 1.82) is 0 Å². The van der Waals surface area contributed by atoms with Crippen LogP contribution in [-0.2, 0) is 25.8 Å². The predicted molar refractivity (Wildman–Crippen MR) is 175 cm³/mol. The minimum Gasteiger partial charge on any atom is -0.489 e. The molecule has 262 valence electrons. The van der Waals surface area contributed by atoms with E-state index in [0.29, 0.717) is 37.0 Å². The number of fused-ring (bicyclic) bond motifs is 3. The van der Waals surface area contributed by atoms with E-state index in [1.54, 1.807) is 31.2 Å². The van der Waals surface area contributed by atoms with Crippen LogP contribution in [0.3, 0.4) is 0 Å². The van der Waals surface area contributed by atoms with Crippen LogP contribution in [0.4, 0.5) is 0 Å². The van der Waals surface area contributed by atoms with Gasteiger partial charge in [0.1, 0.15) is 19.0 Å². The number of sulfone groups is 1. The first-order valence-corrected chi connectivity index (χ1v) is 17.9. The number of nitrogens with zero attached hydrogens (tertiary/aromatic N) is 2. The van der Waals surface area contributed by atoms with E-state index in [9.17, 15) is 23.4 Å². The first kappa shape index (κ1) is 35.9. The van der Waals surface area contributed by atoms with Gasteiger partial charge < -0.3 is 29.3 Å². The Labute approximate surface area is 286 Å². The summed E-state index contributed by atoms with van der Waals surface area (Å²) < 4.78 is 48.5. The predicted octanol–water partition coefficient (Wildman–Crippen LogP) is 3.38. The van der Waals surface area contributed by atoms with Gasteiger partial charge in [-0.2, -0.15) is 0 Å². The Morgan fingerprint density at radius 2 is 1.96 bits per heavy atom. The summed E-state index contributed by atoms with van der Waals surface area (Å²) in [6.45, 7) is 3.83. The normalized spacial score (nSPS) is 20.8. The fraction of sp³-hybridized carbons (Fsp3) is 0.472. The molecule has 2 aromatic carbocycles. The molecular formula is C36H43N2O10S+. The van der Waals surface area contributed by atoms with Crippen LogP contribution in [0.25, 0.3) is 0 Å². The van der Waals surface area contributed by atoms with E-state index in [1.165, 1.54) is 19.2 Å². The molecule has 0 radical (unpaired) electrons. The molecule has 1 unspecified atom stereocenters. The molecule has 1 aliphatic heterocycles. The summed E-state index contributed by atoms with van der Waals surface area (Å²) in [4.78, 5) is 18.1. The Kier molecular flexibility index (Phi) is 12.0. The summed E-state index contributed by atoms with van der Waals surface area (Å²) in [7, 11) is -2.81. The molecule has 1 fully saturated rings. The molecular weight excluding hydrogens is 652 g/mol. The van der Waals surface area contributed by atoms with Crippen molar-refractivity contribution in [2.75, 3.05) is 20.3 Å². The topological polar surface area (TPSA) is 158 Å². The second-order valence-corrected chi connectivity index (χ2v) is 14.1. The quantitative estimate of drug-likeness (QED) is 0.0980. The van der Waals surface area contributed by atoms with Gasteiger partial charge in [0.05, 0.1) is 30.3 Å². The van der Waals surface area contributed by atoms with Crippen molar-refractivity contribution in [1.82, 2.24) is 5.16 Å². The van der Waals surface area contributed by atoms with Gasteiger partial charge in [-0.3, -0.25) is 4.79 Å². The van der Waals surface area contributed by atoms with E-state index < -0.39 is 22.0 Å². The average molecular weight is 696 g/mol. The SMILES string of the molecule is CC#CCC(C)[C@@H](O)/C=C/[C@H]1[C@@H]2c3cccc(CCCC(=O)OCCCOc4no[n+](OC)c4S(=O)(=O)c4ccccc4)c3O[C@@H]2C[C@@H]1O. The number of aliphatic hydroxyl groups is 2. The third-order valence-electron chi connectivity index (χ3n) is 8.84. The van der Waals surface area contributed by atoms with E-state index in [-0.39, 0.29) is 65.3 Å². The number of aromatic nitrogens is 2. The van der Waals surface area contributed by atoms with Crippen LogP contribution < -0.4 is 19.2 Å². The van der Waals surface area contributed by atoms with Gasteiger partial charge in [-0.25, -0.2) is 8.42 Å². The van der Waals surface area contributed by atoms with Gasteiger partial charge >= 0.3 is 16.9 Å². The fourth-order valence-corrected chi connectivity index (χ4v) is 7.62. The van der Waals surface area contributed by atoms with E-state index in [4.69, 9.17) is 23.7 Å². The second kappa shape index (κ2) is 16.3. The largest absolute Gasteiger partial charge is 0.489 e. The second-order valence-electron chi connectivity index (χ2n) is 12.2. The molecule has 6 atom stereocenters. The number of carbonyl (C=O) groups is 1. The molecule has 0 saturated heterocycles. The number of esters is 1. The molecule has 0 spiro atoms. The summed E-state index contributed by atoms with van der Waals surface area (Å²) in [5.41, 5.74) is 2.04. The van der Waals surface area contributed by atoms with Crippen LogP contribution in [0, 0.1) is 23.7 Å². The zero-order valence-corrected chi connectivity index (χ0v) is 28.7. The van der Waals surface area contributed by atoms with Gasteiger partial charge in [0, 0.05) is 43.1 Å². The van der Waals surface area contributed by atoms with Gasteiger partial charge in [0.2, 0.25) is 5.16 Å². The number of hydrogen-bond donors (Lipinski definition) is 2. The van der Waals surface area contributed by atoms with Crippen LogP contribution in [0.5, 0.6) is 11.6 Å². The van der Waals surface area contributed by atoms with Gasteiger partial charge in [0.25, 0.3) is 9.84 Å². The number of hydrogen-bond acceptors (Lipinski definition) is 11. The van der Waals surface area contributed by atoms with Gasteiger partial charge in [-0.1, -0.05) is 55.5 Å². The number of rotatable bonds is 16. The minimum absolute atomic E-state index is 0.0143. The highest BCUT2D eigenvalue weighted by Crippen LogP contribution is 2.52. The van der Waals surface area contributed by atoms with Gasteiger partial charge in [-0.15, -0.1) is 11.8 Å². The third kappa shape index (κ3) is 8.26. The number of carbonyl (C=O) groups excluding carboxylic acids is 1. The number of benzene rings is 2. The van der Waals surface area contributed by atoms with Crippen LogP contribution in [0.2, 0.25) is 0 Å². The lowest BCUT2D eigenvalue weighted by atomic mass is 9.86. The van der Waals surface area contributed by atoms with Crippen molar-refractivity contribution in [2.45, 2.75) is 86.5 Å². The fourth-order valence-electron chi connectivity index (χ4n) is 6.25. The summed E-state index contributed by atoms with van der Waals surface area (Å²) in [5.74, 6) is 5.85. The van der Waals surface area contributed by atoms with Crippen LogP contribution in [0.15, 0.2) is 75.2 Å². The first-order valence-electron chi connectivity index (χ1n) is 16.4. The van der Waals surface area contributed by atoms with E-state index in [0.717, 1.165) is 16.9 Å². The zero-order chi connectivity index (χ0) is 35.0. The molecule has 1 saturated carbocycles. The maximum absolute atomic E-state index is 13.1. The van der Waals surface area contributed by atoms with E-state index >= 15 is 0 Å². The van der Waals surface area contributed by atoms with Crippen molar-refractivity contribution in [3.05, 3.63) is 71.8 Å². The summed E-state index contributed by atoms with van der Waals surface area (Å²) >= 11 is 0. The minimum atomic E-state index is -4.05. The molecule has 3 aromatic rings. The van der Waals surface area contributed by atoms with E-state index in [1.807, 2.05) is 31.2 Å². The summed E-state index contributed by atoms with van der Waals surface area (Å²) in [5, 5.41) is 24.7. The lowest BCUT2D eigenvalue weighted by molar-refractivity contribution is -1.04. The molecule has 5 rings (SSSR count). The maximum atomic E-state index is 13.1. The Morgan fingerprint density at radius 3 is 2.71 bits per heavy atom. The van der Waals surface area contributed by atoms with E-state index in [2.05, 4.69) is 17.0 Å². The molecule has 2 aliphatic rings. The molecule has 49 heavy (non-hydrogen) atoms. The monoisotopic (exact) mass is 695 g/mol. The standard InChI is InChI=1S/C36H43N2O10S/c1-4-5-12-24(2)29(39)20-19-27-30(40)23-31-33(27)28-17-9-13-25(34(28)47-31)14-10-18-32(41)45-21-11-22-46-35-36(38(44-3)48-37-35)49(42,43)26-15-7-6-8-16-26/h6-9,13,15-17,19-20,24,27,29-31,33,39-40H,10-12,14,18,21-23H2,1-3H3/q+1/b20-19+/t24?,27-,29+,30+,31-,33-/m1/s1. The lowest BCUT2D eigenvalue weighted by Crippen LogP contribution is -2.43. The highest BCUT2D eigenvalue weighted by Gasteiger charge is 2.49. The lowest BCUT2D eigenvalue weighted by Gasteiger charge is -2.19. The Bertz CT molecular complexity index is 1780. The van der Waals surface area contributed by atoms with Crippen LogP contribution in [0.1, 0.15) is 63.0 Å². The zero-order valence-electron chi connectivity index (χ0n) is 27.9. The molecule has 2 N–H and O–H groups in total. The smallest absolute Gasteiger partial charge is 0.445 e. The van der Waals surface area contributed by atoms with Gasteiger partial charge in [0.15, 0.2) is 4.90 Å². The Morgan fingerprint density at radius 1 is 1.16 bits per heavy atom. The molecule has 1 aromatic heterocycles. The summed E-state index contributed by atoms with van der Waals surface area (Å²) in [6.07, 6.45) is 5.10. The van der Waals surface area contributed by atoms with Crippen molar-refractivity contribution in [3.63, 3.8) is 0 Å².